The van der Waals surface area contributed by atoms with Crippen LogP contribution in [-0.4, -0.2) is 44.7 Å². The predicted octanol–water partition coefficient (Wildman–Crippen LogP) is 3.95. The summed E-state index contributed by atoms with van der Waals surface area (Å²) in [4.78, 5) is 9.75. The smallest absolute Gasteiger partial charge is 0.177 e. The van der Waals surface area contributed by atoms with Gasteiger partial charge in [-0.1, -0.05) is 0 Å². The first-order valence-corrected chi connectivity index (χ1v) is 10.0. The van der Waals surface area contributed by atoms with Crippen molar-refractivity contribution in [2.24, 2.45) is 0 Å². The lowest BCUT2D eigenvalue weighted by atomic mass is 10.0. The first kappa shape index (κ1) is 19.8. The maximum Gasteiger partial charge on any atom is 0.177 e. The monoisotopic (exact) mass is 404 g/mol. The highest BCUT2D eigenvalue weighted by molar-refractivity contribution is 5.84. The second-order valence-electron chi connectivity index (χ2n) is 6.64. The molecule has 4 rings (SSSR count). The number of nitrogens with zero attached hydrogens (tertiary/aromatic N) is 4. The first-order valence-electron chi connectivity index (χ1n) is 10.0. The number of hydrogen-bond acceptors (Lipinski definition) is 6. The molecule has 0 fully saturated rings. The fraction of sp³-hybridized carbons (Fsp3) is 0.261. The van der Waals surface area contributed by atoms with Gasteiger partial charge in [-0.2, -0.15) is 5.10 Å². The van der Waals surface area contributed by atoms with Gasteiger partial charge in [0.2, 0.25) is 0 Å². The molecule has 0 aliphatic carbocycles. The van der Waals surface area contributed by atoms with E-state index < -0.39 is 0 Å². The lowest BCUT2D eigenvalue weighted by Crippen LogP contribution is -2.05. The first-order chi connectivity index (χ1) is 14.7. The molecular formula is C23H24N4O3. The van der Waals surface area contributed by atoms with Gasteiger partial charge in [0.05, 0.1) is 44.0 Å². The van der Waals surface area contributed by atoms with E-state index in [4.69, 9.17) is 19.4 Å². The number of aliphatic hydroxyl groups excluding tert-OH is 1. The second kappa shape index (κ2) is 8.92. The van der Waals surface area contributed by atoms with Crippen LogP contribution in [0.2, 0.25) is 0 Å². The summed E-state index contributed by atoms with van der Waals surface area (Å²) < 4.78 is 12.8. The molecule has 2 heterocycles. The Balaban J connectivity index is 1.85. The van der Waals surface area contributed by atoms with Crippen molar-refractivity contribution < 1.29 is 14.6 Å². The molecule has 0 bridgehead atoms. The van der Waals surface area contributed by atoms with Crippen molar-refractivity contribution in [1.29, 1.82) is 0 Å². The van der Waals surface area contributed by atoms with Crippen LogP contribution in [-0.2, 0) is 6.54 Å². The van der Waals surface area contributed by atoms with E-state index in [9.17, 15) is 5.11 Å². The Morgan fingerprint density at radius 3 is 1.83 bits per heavy atom. The highest BCUT2D eigenvalue weighted by Gasteiger charge is 2.16. The highest BCUT2D eigenvalue weighted by Crippen LogP contribution is 2.32. The minimum absolute atomic E-state index is 0.0164. The van der Waals surface area contributed by atoms with Crippen molar-refractivity contribution in [2.75, 3.05) is 19.8 Å². The van der Waals surface area contributed by atoms with Crippen molar-refractivity contribution in [3.8, 4) is 34.0 Å². The summed E-state index contributed by atoms with van der Waals surface area (Å²) in [6, 6.07) is 15.6. The normalized spacial score (nSPS) is 11.0. The number of aromatic nitrogens is 4. The molecule has 0 atom stereocenters. The van der Waals surface area contributed by atoms with Crippen LogP contribution in [0.4, 0.5) is 0 Å². The average molecular weight is 404 g/mol. The number of hydrogen-bond donors (Lipinski definition) is 1. The summed E-state index contributed by atoms with van der Waals surface area (Å²) >= 11 is 0. The van der Waals surface area contributed by atoms with E-state index in [1.54, 1.807) is 10.9 Å². The Morgan fingerprint density at radius 2 is 1.33 bits per heavy atom. The van der Waals surface area contributed by atoms with E-state index >= 15 is 0 Å². The van der Waals surface area contributed by atoms with E-state index in [0.29, 0.717) is 30.9 Å². The van der Waals surface area contributed by atoms with Gasteiger partial charge in [-0.25, -0.2) is 14.6 Å². The SMILES string of the molecule is CCOc1ccc(-c2nc3cnn(CCO)c3nc2-c2ccc(OCC)cc2)cc1. The van der Waals surface area contributed by atoms with Crippen molar-refractivity contribution >= 4 is 11.2 Å². The maximum absolute atomic E-state index is 9.33. The van der Waals surface area contributed by atoms with Crippen LogP contribution in [0.15, 0.2) is 54.7 Å². The predicted molar refractivity (Wildman–Crippen MR) is 116 cm³/mol. The second-order valence-corrected chi connectivity index (χ2v) is 6.64. The minimum atomic E-state index is -0.0164. The van der Waals surface area contributed by atoms with Gasteiger partial charge in [-0.15, -0.1) is 0 Å². The largest absolute Gasteiger partial charge is 0.494 e. The molecule has 0 radical (unpaired) electrons. The van der Waals surface area contributed by atoms with Crippen molar-refractivity contribution in [1.82, 2.24) is 19.7 Å². The topological polar surface area (TPSA) is 82.3 Å². The molecule has 0 saturated heterocycles. The Kier molecular flexibility index (Phi) is 5.90. The zero-order chi connectivity index (χ0) is 20.9. The van der Waals surface area contributed by atoms with Crippen LogP contribution in [0.25, 0.3) is 33.7 Å². The number of aliphatic hydroxyl groups is 1. The van der Waals surface area contributed by atoms with Crippen LogP contribution in [0, 0.1) is 0 Å². The summed E-state index contributed by atoms with van der Waals surface area (Å²) in [5.41, 5.74) is 4.69. The molecule has 4 aromatic rings. The Hall–Kier alpha value is -3.45. The molecule has 0 saturated carbocycles. The third-order valence-electron chi connectivity index (χ3n) is 4.66. The van der Waals surface area contributed by atoms with E-state index in [2.05, 4.69) is 5.10 Å². The van der Waals surface area contributed by atoms with Gasteiger partial charge in [-0.05, 0) is 62.4 Å². The Labute approximate surface area is 174 Å². The standard InChI is InChI=1S/C23H24N4O3/c1-3-29-18-9-5-16(6-10-18)21-22(17-7-11-19(12-8-17)30-4-2)26-23-20(25-21)15-24-27(23)13-14-28/h5-12,15,28H,3-4,13-14H2,1-2H3. The summed E-state index contributed by atoms with van der Waals surface area (Å²) in [6.07, 6.45) is 1.68. The summed E-state index contributed by atoms with van der Waals surface area (Å²) in [6.45, 7) is 5.50. The van der Waals surface area contributed by atoms with E-state index in [0.717, 1.165) is 34.0 Å². The number of fused-ring (bicyclic) bond motifs is 1. The molecule has 1 N–H and O–H groups in total. The fourth-order valence-electron chi connectivity index (χ4n) is 3.31. The molecule has 0 amide bonds. The fourth-order valence-corrected chi connectivity index (χ4v) is 3.31. The number of rotatable bonds is 8. The molecule has 0 spiro atoms. The van der Waals surface area contributed by atoms with E-state index in [1.807, 2.05) is 62.4 Å². The van der Waals surface area contributed by atoms with Crippen LogP contribution in [0.3, 0.4) is 0 Å². The van der Waals surface area contributed by atoms with Gasteiger partial charge in [-0.3, -0.25) is 0 Å². The molecule has 0 aliphatic rings. The molecule has 2 aromatic heterocycles. The lowest BCUT2D eigenvalue weighted by Gasteiger charge is -2.11. The summed E-state index contributed by atoms with van der Waals surface area (Å²) in [5, 5.41) is 13.7. The summed E-state index contributed by atoms with van der Waals surface area (Å²) in [7, 11) is 0. The molecule has 30 heavy (non-hydrogen) atoms. The quantitative estimate of drug-likeness (QED) is 0.479. The molecule has 154 valence electrons. The molecule has 7 nitrogen and oxygen atoms in total. The number of benzene rings is 2. The zero-order valence-electron chi connectivity index (χ0n) is 17.1. The van der Waals surface area contributed by atoms with E-state index in [1.165, 1.54) is 0 Å². The van der Waals surface area contributed by atoms with Gasteiger partial charge in [0.1, 0.15) is 17.0 Å². The molecule has 0 aliphatic heterocycles. The van der Waals surface area contributed by atoms with Gasteiger partial charge in [0.15, 0.2) is 5.65 Å². The van der Waals surface area contributed by atoms with Crippen molar-refractivity contribution in [3.05, 3.63) is 54.7 Å². The van der Waals surface area contributed by atoms with Gasteiger partial charge in [0.25, 0.3) is 0 Å². The van der Waals surface area contributed by atoms with Crippen molar-refractivity contribution in [3.63, 3.8) is 0 Å². The highest BCUT2D eigenvalue weighted by atomic mass is 16.5. The van der Waals surface area contributed by atoms with Crippen LogP contribution < -0.4 is 9.47 Å². The molecule has 7 heteroatoms. The lowest BCUT2D eigenvalue weighted by molar-refractivity contribution is 0.271. The minimum Gasteiger partial charge on any atom is -0.494 e. The van der Waals surface area contributed by atoms with Gasteiger partial charge in [0, 0.05) is 11.1 Å². The van der Waals surface area contributed by atoms with Crippen molar-refractivity contribution in [2.45, 2.75) is 20.4 Å². The third-order valence-corrected chi connectivity index (χ3v) is 4.66. The van der Waals surface area contributed by atoms with E-state index in [-0.39, 0.29) is 6.61 Å². The van der Waals surface area contributed by atoms with Gasteiger partial charge >= 0.3 is 0 Å². The Bertz CT molecular complexity index is 1120. The average Bonchev–Trinajstić information content (AvgIpc) is 3.17. The molecule has 0 unspecified atom stereocenters. The van der Waals surface area contributed by atoms with Gasteiger partial charge < -0.3 is 14.6 Å². The summed E-state index contributed by atoms with van der Waals surface area (Å²) in [5.74, 6) is 1.62. The Morgan fingerprint density at radius 1 is 0.800 bits per heavy atom. The zero-order valence-corrected chi connectivity index (χ0v) is 17.1. The van der Waals surface area contributed by atoms with Crippen LogP contribution >= 0.6 is 0 Å². The molecule has 2 aromatic carbocycles. The molecular weight excluding hydrogens is 380 g/mol. The van der Waals surface area contributed by atoms with Crippen LogP contribution in [0.5, 0.6) is 11.5 Å². The van der Waals surface area contributed by atoms with Crippen LogP contribution in [0.1, 0.15) is 13.8 Å². The maximum atomic E-state index is 9.33. The number of ether oxygens (including phenoxy) is 2. The third kappa shape index (κ3) is 3.97.